The van der Waals surface area contributed by atoms with Crippen molar-refractivity contribution in [2.75, 3.05) is 26.2 Å². The lowest BCUT2D eigenvalue weighted by Gasteiger charge is -2.34. The normalized spacial score (nSPS) is 15.0. The van der Waals surface area contributed by atoms with Gasteiger partial charge in [0.1, 0.15) is 16.5 Å². The number of phenolic OH excluding ortho intramolecular Hbond substituents is 1. The number of benzene rings is 2. The number of carbonyl (C=O) groups excluding carboxylic acids is 1. The van der Waals surface area contributed by atoms with Crippen molar-refractivity contribution < 1.29 is 9.90 Å². The maximum atomic E-state index is 12.8. The fraction of sp³-hybridized carbons (Fsp3) is 0.238. The van der Waals surface area contributed by atoms with Gasteiger partial charge in [-0.05, 0) is 23.8 Å². The summed E-state index contributed by atoms with van der Waals surface area (Å²) in [6.45, 7) is 3.68. The van der Waals surface area contributed by atoms with Gasteiger partial charge in [-0.25, -0.2) is 4.98 Å². The maximum absolute atomic E-state index is 12.8. The third-order valence-corrected chi connectivity index (χ3v) is 6.01. The number of aromatic hydroxyl groups is 1. The van der Waals surface area contributed by atoms with Crippen LogP contribution in [0.1, 0.15) is 16.1 Å². The Balaban J connectivity index is 1.37. The van der Waals surface area contributed by atoms with Crippen molar-refractivity contribution in [3.05, 3.63) is 70.2 Å². The molecule has 1 fully saturated rings. The van der Waals surface area contributed by atoms with Crippen LogP contribution in [0.4, 0.5) is 0 Å². The molecule has 0 aliphatic carbocycles. The minimum atomic E-state index is -0.0356. The summed E-state index contributed by atoms with van der Waals surface area (Å²) in [7, 11) is 0. The van der Waals surface area contributed by atoms with Gasteiger partial charge in [0, 0.05) is 43.7 Å². The second kappa shape index (κ2) is 8.31. The Bertz CT molecular complexity index is 983. The van der Waals surface area contributed by atoms with E-state index >= 15 is 0 Å². The van der Waals surface area contributed by atoms with E-state index in [0.717, 1.165) is 35.8 Å². The van der Waals surface area contributed by atoms with E-state index in [-0.39, 0.29) is 11.7 Å². The summed E-state index contributed by atoms with van der Waals surface area (Å²) in [4.78, 5) is 21.5. The predicted octanol–water partition coefficient (Wildman–Crippen LogP) is 4.13. The van der Waals surface area contributed by atoms with E-state index < -0.39 is 0 Å². The highest BCUT2D eigenvalue weighted by molar-refractivity contribution is 7.13. The number of rotatable bonds is 4. The van der Waals surface area contributed by atoms with Crippen LogP contribution in [0.3, 0.4) is 0 Å². The largest absolute Gasteiger partial charge is 0.508 e. The smallest absolute Gasteiger partial charge is 0.273 e. The summed E-state index contributed by atoms with van der Waals surface area (Å²) in [5.74, 6) is 0.246. The predicted molar refractivity (Wildman–Crippen MR) is 112 cm³/mol. The zero-order valence-electron chi connectivity index (χ0n) is 15.2. The lowest BCUT2D eigenvalue weighted by atomic mass is 10.2. The second-order valence-electron chi connectivity index (χ2n) is 6.76. The Morgan fingerprint density at radius 1 is 1.11 bits per heavy atom. The van der Waals surface area contributed by atoms with Gasteiger partial charge < -0.3 is 10.0 Å². The van der Waals surface area contributed by atoms with Crippen molar-refractivity contribution in [2.24, 2.45) is 0 Å². The molecule has 1 N–H and O–H groups in total. The monoisotopic (exact) mass is 413 g/mol. The van der Waals surface area contributed by atoms with Crippen LogP contribution in [-0.4, -0.2) is 52.0 Å². The zero-order chi connectivity index (χ0) is 19.5. The highest BCUT2D eigenvalue weighted by Crippen LogP contribution is 2.30. The molecule has 1 aliphatic rings. The van der Waals surface area contributed by atoms with Gasteiger partial charge in [-0.15, -0.1) is 11.3 Å². The molecule has 0 radical (unpaired) electrons. The van der Waals surface area contributed by atoms with E-state index in [4.69, 9.17) is 11.6 Å². The number of hydrogen-bond acceptors (Lipinski definition) is 5. The molecular weight excluding hydrogens is 394 g/mol. The molecule has 7 heteroatoms. The molecule has 4 rings (SSSR count). The Hall–Kier alpha value is -2.41. The average Bonchev–Trinajstić information content (AvgIpc) is 3.18. The SMILES string of the molecule is O=C(c1csc(-c2ccccc2Cl)n1)N1CCN(Cc2cccc(O)c2)CC1. The van der Waals surface area contributed by atoms with E-state index in [2.05, 4.69) is 9.88 Å². The third-order valence-electron chi connectivity index (χ3n) is 4.80. The molecule has 0 spiro atoms. The van der Waals surface area contributed by atoms with E-state index in [0.29, 0.717) is 23.8 Å². The van der Waals surface area contributed by atoms with Crippen LogP contribution in [0.25, 0.3) is 10.6 Å². The first-order chi connectivity index (χ1) is 13.6. The number of piperazine rings is 1. The summed E-state index contributed by atoms with van der Waals surface area (Å²) in [6, 6.07) is 14.8. The van der Waals surface area contributed by atoms with Crippen LogP contribution in [0.2, 0.25) is 5.02 Å². The Labute approximate surface area is 172 Å². The van der Waals surface area contributed by atoms with Crippen molar-refractivity contribution in [2.45, 2.75) is 6.54 Å². The third kappa shape index (κ3) is 4.19. The van der Waals surface area contributed by atoms with Gasteiger partial charge >= 0.3 is 0 Å². The first-order valence-corrected chi connectivity index (χ1v) is 10.4. The first kappa shape index (κ1) is 18.9. The van der Waals surface area contributed by atoms with E-state index in [1.807, 2.05) is 41.3 Å². The molecule has 144 valence electrons. The minimum Gasteiger partial charge on any atom is -0.508 e. The molecule has 1 aromatic heterocycles. The van der Waals surface area contributed by atoms with Crippen molar-refractivity contribution in [3.63, 3.8) is 0 Å². The van der Waals surface area contributed by atoms with Crippen LogP contribution in [0.5, 0.6) is 5.75 Å². The standard InChI is InChI=1S/C21H20ClN3O2S/c22-18-7-2-1-6-17(18)20-23-19(14-28-20)21(27)25-10-8-24(9-11-25)13-15-4-3-5-16(26)12-15/h1-7,12,14,26H,8-11,13H2. The molecular formula is C21H20ClN3O2S. The highest BCUT2D eigenvalue weighted by atomic mass is 35.5. The molecule has 3 aromatic rings. The fourth-order valence-corrected chi connectivity index (χ4v) is 4.43. The van der Waals surface area contributed by atoms with Gasteiger partial charge in [0.05, 0.1) is 5.02 Å². The van der Waals surface area contributed by atoms with E-state index in [1.54, 1.807) is 17.5 Å². The number of hydrogen-bond donors (Lipinski definition) is 1. The molecule has 0 unspecified atom stereocenters. The lowest BCUT2D eigenvalue weighted by molar-refractivity contribution is 0.0623. The van der Waals surface area contributed by atoms with Crippen molar-refractivity contribution in [3.8, 4) is 16.3 Å². The molecule has 0 bridgehead atoms. The number of phenols is 1. The minimum absolute atomic E-state index is 0.0356. The number of halogens is 1. The topological polar surface area (TPSA) is 56.7 Å². The number of carbonyl (C=O) groups is 1. The summed E-state index contributed by atoms with van der Waals surface area (Å²) in [5.41, 5.74) is 2.40. The van der Waals surface area contributed by atoms with Gasteiger partial charge in [0.15, 0.2) is 0 Å². The maximum Gasteiger partial charge on any atom is 0.273 e. The first-order valence-electron chi connectivity index (χ1n) is 9.10. The summed E-state index contributed by atoms with van der Waals surface area (Å²) >= 11 is 7.67. The van der Waals surface area contributed by atoms with Gasteiger partial charge in [0.25, 0.3) is 5.91 Å². The molecule has 1 aliphatic heterocycles. The number of nitrogens with zero attached hydrogens (tertiary/aromatic N) is 3. The number of thiazole rings is 1. The zero-order valence-corrected chi connectivity index (χ0v) is 16.8. The number of aromatic nitrogens is 1. The second-order valence-corrected chi connectivity index (χ2v) is 8.02. The van der Waals surface area contributed by atoms with Gasteiger partial charge in [-0.2, -0.15) is 0 Å². The fourth-order valence-electron chi connectivity index (χ4n) is 3.31. The molecule has 1 amide bonds. The van der Waals surface area contributed by atoms with Crippen LogP contribution in [0, 0.1) is 0 Å². The van der Waals surface area contributed by atoms with E-state index in [9.17, 15) is 9.90 Å². The lowest BCUT2D eigenvalue weighted by Crippen LogP contribution is -2.48. The molecule has 2 aromatic carbocycles. The summed E-state index contributed by atoms with van der Waals surface area (Å²) in [5, 5.41) is 12.8. The van der Waals surface area contributed by atoms with Crippen LogP contribution in [0.15, 0.2) is 53.9 Å². The van der Waals surface area contributed by atoms with Crippen molar-refractivity contribution in [1.29, 1.82) is 0 Å². The average molecular weight is 414 g/mol. The molecule has 1 saturated heterocycles. The van der Waals surface area contributed by atoms with Gasteiger partial charge in [0.2, 0.25) is 0 Å². The summed E-state index contributed by atoms with van der Waals surface area (Å²) < 4.78 is 0. The van der Waals surface area contributed by atoms with Crippen LogP contribution < -0.4 is 0 Å². The number of amides is 1. The van der Waals surface area contributed by atoms with Gasteiger partial charge in [-0.1, -0.05) is 41.9 Å². The Morgan fingerprint density at radius 3 is 2.64 bits per heavy atom. The quantitative estimate of drug-likeness (QED) is 0.698. The van der Waals surface area contributed by atoms with Crippen LogP contribution in [-0.2, 0) is 6.54 Å². The van der Waals surface area contributed by atoms with Crippen molar-refractivity contribution >= 4 is 28.8 Å². The highest BCUT2D eigenvalue weighted by Gasteiger charge is 2.24. The molecule has 0 atom stereocenters. The van der Waals surface area contributed by atoms with E-state index in [1.165, 1.54) is 11.3 Å². The molecule has 28 heavy (non-hydrogen) atoms. The Morgan fingerprint density at radius 2 is 1.89 bits per heavy atom. The van der Waals surface area contributed by atoms with Crippen LogP contribution >= 0.6 is 22.9 Å². The summed E-state index contributed by atoms with van der Waals surface area (Å²) in [6.07, 6.45) is 0. The molecule has 2 heterocycles. The molecule has 0 saturated carbocycles. The Kier molecular flexibility index (Phi) is 5.62. The van der Waals surface area contributed by atoms with Gasteiger partial charge in [-0.3, -0.25) is 9.69 Å². The molecule has 5 nitrogen and oxygen atoms in total. The van der Waals surface area contributed by atoms with Crippen molar-refractivity contribution in [1.82, 2.24) is 14.8 Å².